The molecule has 1 aliphatic carbocycles. The van der Waals surface area contributed by atoms with Crippen molar-refractivity contribution >= 4 is 0 Å². The summed E-state index contributed by atoms with van der Waals surface area (Å²) < 4.78 is 5.09. The molecule has 0 fully saturated rings. The molecule has 1 aromatic rings. The van der Waals surface area contributed by atoms with Crippen LogP contribution in [0.25, 0.3) is 0 Å². The summed E-state index contributed by atoms with van der Waals surface area (Å²) in [6, 6.07) is 9.36. The first-order chi connectivity index (χ1) is 7.92. The highest BCUT2D eigenvalue weighted by molar-refractivity contribution is 5.31. The first kappa shape index (κ1) is 11.6. The Hall–Kier alpha value is -0.860. The van der Waals surface area contributed by atoms with Gasteiger partial charge < -0.3 is 10.1 Å². The Morgan fingerprint density at radius 1 is 1.31 bits per heavy atom. The summed E-state index contributed by atoms with van der Waals surface area (Å²) in [4.78, 5) is 0. The van der Waals surface area contributed by atoms with E-state index in [1.165, 1.54) is 36.8 Å². The van der Waals surface area contributed by atoms with Gasteiger partial charge in [-0.1, -0.05) is 30.7 Å². The van der Waals surface area contributed by atoms with Gasteiger partial charge in [0.25, 0.3) is 0 Å². The lowest BCUT2D eigenvalue weighted by Crippen LogP contribution is -2.25. The zero-order valence-electron chi connectivity index (χ0n) is 10.0. The minimum atomic E-state index is 0.522. The van der Waals surface area contributed by atoms with Gasteiger partial charge in [-0.3, -0.25) is 0 Å². The fraction of sp³-hybridized carbons (Fsp3) is 0.571. The number of aryl methyl sites for hydroxylation is 1. The van der Waals surface area contributed by atoms with Crippen molar-refractivity contribution in [1.82, 2.24) is 5.32 Å². The minimum Gasteiger partial charge on any atom is -0.383 e. The van der Waals surface area contributed by atoms with E-state index in [9.17, 15) is 0 Å². The highest BCUT2D eigenvalue weighted by Gasteiger charge is 2.16. The number of nitrogens with one attached hydrogen (secondary N) is 1. The standard InChI is InChI=1S/C14H21NO/c1-16-11-10-15-14-9-5-3-7-12-6-2-4-8-13(12)14/h2,4,6,8,14-15H,3,5,7,9-11H2,1H3. The van der Waals surface area contributed by atoms with Gasteiger partial charge in [0.1, 0.15) is 0 Å². The number of fused-ring (bicyclic) bond motifs is 1. The molecule has 0 bridgehead atoms. The van der Waals surface area contributed by atoms with Gasteiger partial charge in [0.2, 0.25) is 0 Å². The fourth-order valence-corrected chi connectivity index (χ4v) is 2.47. The molecule has 0 radical (unpaired) electrons. The first-order valence-corrected chi connectivity index (χ1v) is 6.22. The summed E-state index contributed by atoms with van der Waals surface area (Å²) in [5, 5.41) is 3.59. The fourth-order valence-electron chi connectivity index (χ4n) is 2.47. The molecule has 0 amide bonds. The molecule has 1 atom stereocenters. The average molecular weight is 219 g/mol. The van der Waals surface area contributed by atoms with Crippen LogP contribution in [0.4, 0.5) is 0 Å². The van der Waals surface area contributed by atoms with E-state index in [1.807, 2.05) is 0 Å². The Bertz CT molecular complexity index is 324. The van der Waals surface area contributed by atoms with Crippen LogP contribution in [0.2, 0.25) is 0 Å². The lowest BCUT2D eigenvalue weighted by atomic mass is 9.99. The van der Waals surface area contributed by atoms with E-state index in [-0.39, 0.29) is 0 Å². The van der Waals surface area contributed by atoms with Gasteiger partial charge in [0, 0.05) is 19.7 Å². The van der Waals surface area contributed by atoms with Crippen LogP contribution in [0.3, 0.4) is 0 Å². The third-order valence-electron chi connectivity index (χ3n) is 3.32. The number of methoxy groups -OCH3 is 1. The van der Waals surface area contributed by atoms with Crippen LogP contribution < -0.4 is 5.32 Å². The molecular weight excluding hydrogens is 198 g/mol. The van der Waals surface area contributed by atoms with Crippen LogP contribution in [0.1, 0.15) is 36.4 Å². The summed E-state index contributed by atoms with van der Waals surface area (Å²) >= 11 is 0. The molecule has 1 aliphatic rings. The summed E-state index contributed by atoms with van der Waals surface area (Å²) in [6.45, 7) is 1.73. The van der Waals surface area contributed by atoms with Crippen LogP contribution in [-0.4, -0.2) is 20.3 Å². The molecule has 1 N–H and O–H groups in total. The van der Waals surface area contributed by atoms with E-state index in [4.69, 9.17) is 4.74 Å². The third-order valence-corrected chi connectivity index (χ3v) is 3.32. The molecule has 88 valence electrons. The zero-order chi connectivity index (χ0) is 11.2. The molecule has 0 saturated heterocycles. The topological polar surface area (TPSA) is 21.3 Å². The van der Waals surface area contributed by atoms with Crippen LogP contribution in [0.15, 0.2) is 24.3 Å². The summed E-state index contributed by atoms with van der Waals surface area (Å²) in [5.74, 6) is 0. The monoisotopic (exact) mass is 219 g/mol. The molecule has 0 heterocycles. The van der Waals surface area contributed by atoms with E-state index in [2.05, 4.69) is 29.6 Å². The predicted octanol–water partition coefficient (Wildman–Crippen LogP) is 2.69. The largest absolute Gasteiger partial charge is 0.383 e. The second-order valence-corrected chi connectivity index (χ2v) is 4.44. The highest BCUT2D eigenvalue weighted by Crippen LogP contribution is 2.28. The molecule has 2 nitrogen and oxygen atoms in total. The van der Waals surface area contributed by atoms with Crippen molar-refractivity contribution in [3.8, 4) is 0 Å². The normalized spacial score (nSPS) is 20.2. The number of ether oxygens (including phenoxy) is 1. The molecule has 0 aliphatic heterocycles. The van der Waals surface area contributed by atoms with Crippen LogP contribution in [0, 0.1) is 0 Å². The number of hydrogen-bond acceptors (Lipinski definition) is 2. The third kappa shape index (κ3) is 2.83. The lowest BCUT2D eigenvalue weighted by molar-refractivity contribution is 0.195. The molecule has 16 heavy (non-hydrogen) atoms. The molecule has 1 unspecified atom stereocenters. The Balaban J connectivity index is 2.06. The van der Waals surface area contributed by atoms with Crippen LogP contribution >= 0.6 is 0 Å². The molecule has 1 aromatic carbocycles. The maximum atomic E-state index is 5.09. The quantitative estimate of drug-likeness (QED) is 0.621. The van der Waals surface area contributed by atoms with E-state index >= 15 is 0 Å². The van der Waals surface area contributed by atoms with Gasteiger partial charge >= 0.3 is 0 Å². The Labute approximate surface area is 98.0 Å². The SMILES string of the molecule is COCCNC1CCCCc2ccccc21. The smallest absolute Gasteiger partial charge is 0.0587 e. The van der Waals surface area contributed by atoms with Crippen molar-refractivity contribution in [3.63, 3.8) is 0 Å². The first-order valence-electron chi connectivity index (χ1n) is 6.22. The molecule has 2 heteroatoms. The van der Waals surface area contributed by atoms with Gasteiger partial charge in [0.15, 0.2) is 0 Å². The van der Waals surface area contributed by atoms with E-state index in [0.29, 0.717) is 6.04 Å². The number of benzene rings is 1. The van der Waals surface area contributed by atoms with E-state index in [1.54, 1.807) is 7.11 Å². The molecule has 0 saturated carbocycles. The van der Waals surface area contributed by atoms with Gasteiger partial charge in [-0.25, -0.2) is 0 Å². The van der Waals surface area contributed by atoms with Gasteiger partial charge in [-0.05, 0) is 30.4 Å². The lowest BCUT2D eigenvalue weighted by Gasteiger charge is -2.19. The van der Waals surface area contributed by atoms with Crippen molar-refractivity contribution in [1.29, 1.82) is 0 Å². The Morgan fingerprint density at radius 2 is 2.19 bits per heavy atom. The van der Waals surface area contributed by atoms with Crippen LogP contribution in [-0.2, 0) is 11.2 Å². The maximum Gasteiger partial charge on any atom is 0.0587 e. The molecule has 2 rings (SSSR count). The predicted molar refractivity (Wildman–Crippen MR) is 66.6 cm³/mol. The average Bonchev–Trinajstić information content (AvgIpc) is 2.52. The second kappa shape index (κ2) is 6.02. The van der Waals surface area contributed by atoms with Crippen LogP contribution in [0.5, 0.6) is 0 Å². The summed E-state index contributed by atoms with van der Waals surface area (Å²) in [5.41, 5.74) is 3.02. The molecule has 0 aromatic heterocycles. The van der Waals surface area contributed by atoms with Gasteiger partial charge in [0.05, 0.1) is 6.61 Å². The number of hydrogen-bond donors (Lipinski definition) is 1. The maximum absolute atomic E-state index is 5.09. The van der Waals surface area contributed by atoms with Crippen molar-refractivity contribution in [3.05, 3.63) is 35.4 Å². The number of rotatable bonds is 4. The summed E-state index contributed by atoms with van der Waals surface area (Å²) in [6.07, 6.45) is 5.12. The second-order valence-electron chi connectivity index (χ2n) is 4.44. The molecule has 0 spiro atoms. The van der Waals surface area contributed by atoms with E-state index in [0.717, 1.165) is 13.2 Å². The van der Waals surface area contributed by atoms with Gasteiger partial charge in [-0.2, -0.15) is 0 Å². The highest BCUT2D eigenvalue weighted by atomic mass is 16.5. The minimum absolute atomic E-state index is 0.522. The zero-order valence-corrected chi connectivity index (χ0v) is 10.0. The van der Waals surface area contributed by atoms with Crippen molar-refractivity contribution < 1.29 is 4.74 Å². The van der Waals surface area contributed by atoms with E-state index < -0.39 is 0 Å². The van der Waals surface area contributed by atoms with Gasteiger partial charge in [-0.15, -0.1) is 0 Å². The Kier molecular flexibility index (Phi) is 4.37. The van der Waals surface area contributed by atoms with Crippen molar-refractivity contribution in [2.75, 3.05) is 20.3 Å². The van der Waals surface area contributed by atoms with Crippen molar-refractivity contribution in [2.45, 2.75) is 31.7 Å². The van der Waals surface area contributed by atoms with Crippen molar-refractivity contribution in [2.24, 2.45) is 0 Å². The molecular formula is C14H21NO. The summed E-state index contributed by atoms with van der Waals surface area (Å²) in [7, 11) is 1.75. The Morgan fingerprint density at radius 3 is 3.06 bits per heavy atom.